The maximum absolute atomic E-state index is 12.4. The maximum Gasteiger partial charge on any atom is 0.323 e. The molecule has 2 heterocycles. The first-order valence-corrected chi connectivity index (χ1v) is 7.32. The number of aryl methyl sites for hydroxylation is 2. The minimum atomic E-state index is -1.04. The van der Waals surface area contributed by atoms with E-state index in [0.717, 1.165) is 11.4 Å². The van der Waals surface area contributed by atoms with E-state index in [-0.39, 0.29) is 18.5 Å². The summed E-state index contributed by atoms with van der Waals surface area (Å²) in [4.78, 5) is 28.9. The van der Waals surface area contributed by atoms with E-state index in [9.17, 15) is 9.59 Å². The van der Waals surface area contributed by atoms with Gasteiger partial charge in [0.2, 0.25) is 0 Å². The molecule has 0 spiro atoms. The number of hydrogen-bond donors (Lipinski definition) is 1. The summed E-state index contributed by atoms with van der Waals surface area (Å²) in [5.41, 5.74) is 2.19. The maximum atomic E-state index is 12.4. The molecule has 0 unspecified atom stereocenters. The molecule has 0 fully saturated rings. The van der Waals surface area contributed by atoms with Gasteiger partial charge >= 0.3 is 5.97 Å². The van der Waals surface area contributed by atoms with Crippen LogP contribution in [0, 0.1) is 13.8 Å². The highest BCUT2D eigenvalue weighted by Gasteiger charge is 2.21. The van der Waals surface area contributed by atoms with Gasteiger partial charge in [-0.2, -0.15) is 5.10 Å². The van der Waals surface area contributed by atoms with Crippen LogP contribution in [0.5, 0.6) is 0 Å². The monoisotopic (exact) mass is 316 g/mol. The third-order valence-corrected chi connectivity index (χ3v) is 3.41. The molecule has 0 radical (unpaired) electrons. The Bertz CT molecular complexity index is 719. The zero-order valence-electron chi connectivity index (χ0n) is 13.6. The minimum Gasteiger partial charge on any atom is -0.480 e. The van der Waals surface area contributed by atoms with Crippen LogP contribution in [0.1, 0.15) is 35.6 Å². The summed E-state index contributed by atoms with van der Waals surface area (Å²) in [6.07, 6.45) is 1.45. The second-order valence-corrected chi connectivity index (χ2v) is 5.66. The van der Waals surface area contributed by atoms with Crippen molar-refractivity contribution in [1.82, 2.24) is 19.7 Å². The minimum absolute atomic E-state index is 0.214. The predicted molar refractivity (Wildman–Crippen MR) is 84.6 cm³/mol. The van der Waals surface area contributed by atoms with Crippen molar-refractivity contribution in [3.8, 4) is 5.82 Å². The zero-order chi connectivity index (χ0) is 17.1. The Morgan fingerprint density at radius 2 is 2.00 bits per heavy atom. The van der Waals surface area contributed by atoms with Crippen LogP contribution in [-0.4, -0.2) is 49.2 Å². The number of carbonyl (C=O) groups is 2. The first kappa shape index (κ1) is 16.7. The fourth-order valence-corrected chi connectivity index (χ4v) is 2.30. The number of aliphatic carboxylic acids is 1. The normalized spacial score (nSPS) is 10.8. The van der Waals surface area contributed by atoms with E-state index in [1.807, 2.05) is 19.9 Å². The van der Waals surface area contributed by atoms with Crippen LogP contribution in [0.15, 0.2) is 24.4 Å². The summed E-state index contributed by atoms with van der Waals surface area (Å²) in [6.45, 7) is 7.04. The summed E-state index contributed by atoms with van der Waals surface area (Å²) in [5.74, 6) is -0.782. The molecule has 0 aliphatic rings. The largest absolute Gasteiger partial charge is 0.480 e. The molecule has 0 saturated carbocycles. The molecule has 0 aliphatic heterocycles. The average molecular weight is 316 g/mol. The van der Waals surface area contributed by atoms with Gasteiger partial charge in [-0.15, -0.1) is 0 Å². The SMILES string of the molecule is Cc1cc(C)n(-c2ccc(C(=O)N(CC(=O)O)C(C)C)cn2)n1. The van der Waals surface area contributed by atoms with Gasteiger partial charge in [-0.25, -0.2) is 9.67 Å². The van der Waals surface area contributed by atoms with E-state index in [1.165, 1.54) is 11.1 Å². The molecule has 1 N–H and O–H groups in total. The molecule has 23 heavy (non-hydrogen) atoms. The number of nitrogens with zero attached hydrogens (tertiary/aromatic N) is 4. The highest BCUT2D eigenvalue weighted by molar-refractivity contribution is 5.95. The Balaban J connectivity index is 2.26. The average Bonchev–Trinajstić information content (AvgIpc) is 2.82. The van der Waals surface area contributed by atoms with Crippen molar-refractivity contribution >= 4 is 11.9 Å². The van der Waals surface area contributed by atoms with Crippen molar-refractivity contribution in [2.24, 2.45) is 0 Å². The van der Waals surface area contributed by atoms with Gasteiger partial charge in [-0.3, -0.25) is 9.59 Å². The fourth-order valence-electron chi connectivity index (χ4n) is 2.30. The zero-order valence-corrected chi connectivity index (χ0v) is 13.6. The lowest BCUT2D eigenvalue weighted by Crippen LogP contribution is -2.40. The summed E-state index contributed by atoms with van der Waals surface area (Å²) >= 11 is 0. The van der Waals surface area contributed by atoms with Crippen molar-refractivity contribution in [1.29, 1.82) is 0 Å². The lowest BCUT2D eigenvalue weighted by Gasteiger charge is -2.24. The van der Waals surface area contributed by atoms with E-state index in [4.69, 9.17) is 5.11 Å². The van der Waals surface area contributed by atoms with Gasteiger partial charge in [-0.1, -0.05) is 0 Å². The topological polar surface area (TPSA) is 88.3 Å². The molecule has 0 bridgehead atoms. The quantitative estimate of drug-likeness (QED) is 0.909. The summed E-state index contributed by atoms with van der Waals surface area (Å²) < 4.78 is 1.70. The third-order valence-electron chi connectivity index (χ3n) is 3.41. The molecule has 7 nitrogen and oxygen atoms in total. The first-order valence-electron chi connectivity index (χ1n) is 7.32. The van der Waals surface area contributed by atoms with Crippen LogP contribution < -0.4 is 0 Å². The fraction of sp³-hybridized carbons (Fsp3) is 0.375. The molecule has 2 aromatic heterocycles. The van der Waals surface area contributed by atoms with Crippen molar-refractivity contribution < 1.29 is 14.7 Å². The number of pyridine rings is 1. The molecule has 0 saturated heterocycles. The first-order chi connectivity index (χ1) is 10.8. The van der Waals surface area contributed by atoms with Crippen LogP contribution in [0.25, 0.3) is 5.82 Å². The number of rotatable bonds is 5. The number of amides is 1. The highest BCUT2D eigenvalue weighted by Crippen LogP contribution is 2.12. The van der Waals surface area contributed by atoms with Crippen molar-refractivity contribution in [3.63, 3.8) is 0 Å². The molecule has 2 rings (SSSR count). The van der Waals surface area contributed by atoms with Gasteiger partial charge in [0.05, 0.1) is 11.3 Å². The molecule has 0 atom stereocenters. The van der Waals surface area contributed by atoms with E-state index in [1.54, 1.807) is 30.7 Å². The Kier molecular flexibility index (Phi) is 4.78. The highest BCUT2D eigenvalue weighted by atomic mass is 16.4. The summed E-state index contributed by atoms with van der Waals surface area (Å²) in [6, 6.07) is 5.06. The number of carboxylic acids is 1. The number of hydrogen-bond acceptors (Lipinski definition) is 4. The van der Waals surface area contributed by atoms with Crippen molar-refractivity contribution in [2.75, 3.05) is 6.54 Å². The molecule has 0 aliphatic carbocycles. The van der Waals surface area contributed by atoms with Crippen molar-refractivity contribution in [2.45, 2.75) is 33.7 Å². The molecular weight excluding hydrogens is 296 g/mol. The molecule has 7 heteroatoms. The van der Waals surface area contributed by atoms with Gasteiger partial charge in [-0.05, 0) is 45.9 Å². The Morgan fingerprint density at radius 3 is 2.43 bits per heavy atom. The molecule has 1 amide bonds. The molecule has 122 valence electrons. The van der Waals surface area contributed by atoms with Gasteiger partial charge in [0.1, 0.15) is 6.54 Å². The number of carboxylic acid groups (broad SMARTS) is 1. The lowest BCUT2D eigenvalue weighted by atomic mass is 10.2. The van der Waals surface area contributed by atoms with Crippen molar-refractivity contribution in [3.05, 3.63) is 41.3 Å². The Hall–Kier alpha value is -2.70. The Morgan fingerprint density at radius 1 is 1.30 bits per heavy atom. The van der Waals surface area contributed by atoms with Crippen LogP contribution in [0.4, 0.5) is 0 Å². The molecular formula is C16H20N4O3. The van der Waals surface area contributed by atoms with Crippen LogP contribution in [0.2, 0.25) is 0 Å². The second-order valence-electron chi connectivity index (χ2n) is 5.66. The van der Waals surface area contributed by atoms with Crippen LogP contribution in [0.3, 0.4) is 0 Å². The van der Waals surface area contributed by atoms with E-state index < -0.39 is 5.97 Å². The number of aromatic nitrogens is 3. The van der Waals surface area contributed by atoms with Crippen LogP contribution >= 0.6 is 0 Å². The summed E-state index contributed by atoms with van der Waals surface area (Å²) in [5, 5.41) is 13.3. The molecule has 2 aromatic rings. The smallest absolute Gasteiger partial charge is 0.323 e. The van der Waals surface area contributed by atoms with Gasteiger partial charge in [0.15, 0.2) is 5.82 Å². The van der Waals surface area contributed by atoms with Gasteiger partial charge < -0.3 is 10.0 Å². The van der Waals surface area contributed by atoms with Gasteiger partial charge in [0, 0.05) is 17.9 Å². The van der Waals surface area contributed by atoms with Gasteiger partial charge in [0.25, 0.3) is 5.91 Å². The lowest BCUT2D eigenvalue weighted by molar-refractivity contribution is -0.138. The van der Waals surface area contributed by atoms with E-state index in [0.29, 0.717) is 11.4 Å². The number of carbonyl (C=O) groups excluding carboxylic acids is 1. The summed E-state index contributed by atoms with van der Waals surface area (Å²) in [7, 11) is 0. The van der Waals surface area contributed by atoms with E-state index >= 15 is 0 Å². The van der Waals surface area contributed by atoms with E-state index in [2.05, 4.69) is 10.1 Å². The predicted octanol–water partition coefficient (Wildman–Crippen LogP) is 1.82. The second kappa shape index (κ2) is 6.60. The third kappa shape index (κ3) is 3.74. The van der Waals surface area contributed by atoms with Crippen LogP contribution in [-0.2, 0) is 4.79 Å². The molecule has 0 aromatic carbocycles. The standard InChI is InChI=1S/C16H20N4O3/c1-10(2)19(9-15(21)22)16(23)13-5-6-14(17-8-13)20-12(4)7-11(3)18-20/h5-8,10H,9H2,1-4H3,(H,21,22). The Labute approximate surface area is 134 Å².